The smallest absolute Gasteiger partial charge is 0.412 e. The summed E-state index contributed by atoms with van der Waals surface area (Å²) in [5, 5.41) is 22.5. The number of nitrogens with two attached hydrogens (primary N) is 1. The summed E-state index contributed by atoms with van der Waals surface area (Å²) in [4.78, 5) is 34.9. The second-order valence-electron chi connectivity index (χ2n) is 6.98. The van der Waals surface area contributed by atoms with Gasteiger partial charge in [0.2, 0.25) is 17.7 Å². The van der Waals surface area contributed by atoms with Crippen molar-refractivity contribution in [1.82, 2.24) is 14.9 Å². The number of hydrogen-bond acceptors (Lipinski definition) is 11. The first-order valence-corrected chi connectivity index (χ1v) is 9.99. The van der Waals surface area contributed by atoms with Crippen LogP contribution >= 0.6 is 0 Å². The number of aromatic nitrogens is 2. The van der Waals surface area contributed by atoms with Crippen LogP contribution in [0.5, 0.6) is 5.88 Å². The van der Waals surface area contributed by atoms with Crippen molar-refractivity contribution in [3.05, 3.63) is 12.7 Å². The lowest BCUT2D eigenvalue weighted by atomic mass is 10.2. The van der Waals surface area contributed by atoms with Crippen molar-refractivity contribution < 1.29 is 34.0 Å². The molecule has 0 saturated carbocycles. The number of ether oxygens (including phenoxy) is 3. The summed E-state index contributed by atoms with van der Waals surface area (Å²) < 4.78 is 16.2. The number of amides is 2. The Hall–Kier alpha value is -3.16. The SMILES string of the molecule is C=CCN(C(C)=O)c1c(NC2OC(CO)C[C@H]2O)nc(N)nc1OCN(C)C(=O)OCC. The number of aliphatic hydroxyl groups is 2. The van der Waals surface area contributed by atoms with Gasteiger partial charge in [-0.15, -0.1) is 6.58 Å². The molecule has 2 heterocycles. The molecule has 0 aliphatic carbocycles. The zero-order valence-corrected chi connectivity index (χ0v) is 18.4. The Kier molecular flexibility index (Phi) is 8.99. The fourth-order valence-electron chi connectivity index (χ4n) is 2.98. The van der Waals surface area contributed by atoms with Crippen molar-refractivity contribution in [2.24, 2.45) is 0 Å². The number of anilines is 3. The lowest BCUT2D eigenvalue weighted by Gasteiger charge is -2.27. The maximum Gasteiger partial charge on any atom is 0.412 e. The number of nitrogens with one attached hydrogen (secondary N) is 1. The Morgan fingerprint density at radius 1 is 1.44 bits per heavy atom. The highest BCUT2D eigenvalue weighted by Gasteiger charge is 2.35. The topological polar surface area (TPSA) is 173 Å². The lowest BCUT2D eigenvalue weighted by Crippen LogP contribution is -2.35. The Morgan fingerprint density at radius 3 is 2.72 bits per heavy atom. The van der Waals surface area contributed by atoms with Gasteiger partial charge in [0.25, 0.3) is 0 Å². The van der Waals surface area contributed by atoms with Crippen molar-refractivity contribution in [3.63, 3.8) is 0 Å². The van der Waals surface area contributed by atoms with Gasteiger partial charge in [0.15, 0.2) is 24.5 Å². The van der Waals surface area contributed by atoms with Crippen LogP contribution in [-0.4, -0.2) is 89.1 Å². The van der Waals surface area contributed by atoms with E-state index in [1.165, 1.54) is 29.8 Å². The number of hydrogen-bond donors (Lipinski definition) is 4. The summed E-state index contributed by atoms with van der Waals surface area (Å²) in [5.41, 5.74) is 5.96. The fraction of sp³-hybridized carbons (Fsp3) is 0.579. The Labute approximate surface area is 185 Å². The fourth-order valence-corrected chi connectivity index (χ4v) is 2.98. The maximum absolute atomic E-state index is 12.4. The molecule has 0 radical (unpaired) electrons. The summed E-state index contributed by atoms with van der Waals surface area (Å²) in [5.74, 6) is -0.574. The molecule has 13 heteroatoms. The van der Waals surface area contributed by atoms with Crippen LogP contribution in [0.4, 0.5) is 22.2 Å². The first-order chi connectivity index (χ1) is 15.2. The number of carbonyl (C=O) groups is 2. The number of carbonyl (C=O) groups excluding carboxylic acids is 2. The third-order valence-electron chi connectivity index (χ3n) is 4.48. The minimum atomic E-state index is -0.944. The van der Waals surface area contributed by atoms with Crippen LogP contribution in [0.3, 0.4) is 0 Å². The molecule has 2 rings (SSSR count). The largest absolute Gasteiger partial charge is 0.454 e. The quantitative estimate of drug-likeness (QED) is 0.275. The summed E-state index contributed by atoms with van der Waals surface area (Å²) in [7, 11) is 1.46. The molecule has 2 unspecified atom stereocenters. The lowest BCUT2D eigenvalue weighted by molar-refractivity contribution is -0.116. The van der Waals surface area contributed by atoms with Crippen molar-refractivity contribution in [3.8, 4) is 5.88 Å². The predicted octanol–water partition coefficient (Wildman–Crippen LogP) is -0.0976. The summed E-state index contributed by atoms with van der Waals surface area (Å²) in [6.07, 6.45) is -1.33. The second kappa shape index (κ2) is 11.5. The van der Waals surface area contributed by atoms with Gasteiger partial charge in [-0.2, -0.15) is 9.97 Å². The molecule has 5 N–H and O–H groups in total. The van der Waals surface area contributed by atoms with Crippen LogP contribution in [0.15, 0.2) is 12.7 Å². The molecule has 1 aliphatic rings. The van der Waals surface area contributed by atoms with Crippen LogP contribution in [-0.2, 0) is 14.3 Å². The standard InChI is InChI=1S/C19H30N6O7/c1-5-7-25(11(3)27)14-15(21-16-13(28)8-12(9-26)32-16)22-18(20)23-17(14)31-10-24(4)19(29)30-6-2/h5,12-13,16,26,28H,1,6-10H2,2-4H3,(H3,20,21,22,23)/t12?,13-,16?/m1/s1. The van der Waals surface area contributed by atoms with Gasteiger partial charge in [0.1, 0.15) is 6.10 Å². The molecule has 32 heavy (non-hydrogen) atoms. The first-order valence-electron chi connectivity index (χ1n) is 9.99. The van der Waals surface area contributed by atoms with E-state index in [9.17, 15) is 19.8 Å². The summed E-state index contributed by atoms with van der Waals surface area (Å²) in [6, 6.07) is 0. The van der Waals surface area contributed by atoms with E-state index in [2.05, 4.69) is 21.9 Å². The maximum atomic E-state index is 12.4. The number of nitrogens with zero attached hydrogens (tertiary/aromatic N) is 4. The van der Waals surface area contributed by atoms with Crippen LogP contribution in [0.1, 0.15) is 20.3 Å². The van der Waals surface area contributed by atoms with Crippen LogP contribution in [0, 0.1) is 0 Å². The van der Waals surface area contributed by atoms with Gasteiger partial charge in [-0.25, -0.2) is 4.79 Å². The molecule has 1 aromatic heterocycles. The Balaban J connectivity index is 2.42. The van der Waals surface area contributed by atoms with Crippen LogP contribution in [0.25, 0.3) is 0 Å². The highest BCUT2D eigenvalue weighted by Crippen LogP contribution is 2.36. The van der Waals surface area contributed by atoms with Gasteiger partial charge in [0, 0.05) is 26.9 Å². The Bertz CT molecular complexity index is 824. The van der Waals surface area contributed by atoms with E-state index in [-0.39, 0.29) is 62.2 Å². The van der Waals surface area contributed by atoms with E-state index in [4.69, 9.17) is 19.9 Å². The average molecular weight is 454 g/mol. The first kappa shape index (κ1) is 25.1. The molecular formula is C19H30N6O7. The number of rotatable bonds is 10. The number of aliphatic hydroxyl groups excluding tert-OH is 2. The monoisotopic (exact) mass is 454 g/mol. The third kappa shape index (κ3) is 6.18. The molecule has 178 valence electrons. The predicted molar refractivity (Wildman–Crippen MR) is 115 cm³/mol. The minimum Gasteiger partial charge on any atom is -0.454 e. The van der Waals surface area contributed by atoms with Crippen molar-refractivity contribution in [2.45, 2.75) is 38.7 Å². The molecule has 1 fully saturated rings. The second-order valence-corrected chi connectivity index (χ2v) is 6.98. The van der Waals surface area contributed by atoms with Crippen molar-refractivity contribution in [2.75, 3.05) is 49.5 Å². The van der Waals surface area contributed by atoms with Gasteiger partial charge in [-0.3, -0.25) is 9.69 Å². The van der Waals surface area contributed by atoms with Gasteiger partial charge < -0.3 is 40.4 Å². The number of nitrogen functional groups attached to an aromatic ring is 1. The van der Waals surface area contributed by atoms with Crippen LogP contribution < -0.4 is 20.7 Å². The highest BCUT2D eigenvalue weighted by molar-refractivity contribution is 5.96. The van der Waals surface area contributed by atoms with Gasteiger partial charge in [-0.1, -0.05) is 6.08 Å². The molecular weight excluding hydrogens is 424 g/mol. The van der Waals surface area contributed by atoms with Crippen LogP contribution in [0.2, 0.25) is 0 Å². The molecule has 0 aromatic carbocycles. The third-order valence-corrected chi connectivity index (χ3v) is 4.48. The van der Waals surface area contributed by atoms with Crippen molar-refractivity contribution in [1.29, 1.82) is 0 Å². The molecule has 3 atom stereocenters. The molecule has 1 aromatic rings. The Morgan fingerprint density at radius 2 is 2.16 bits per heavy atom. The summed E-state index contributed by atoms with van der Waals surface area (Å²) in [6.45, 7) is 6.43. The van der Waals surface area contributed by atoms with Crippen molar-refractivity contribution >= 4 is 29.5 Å². The molecule has 0 spiro atoms. The van der Waals surface area contributed by atoms with E-state index in [0.717, 1.165) is 0 Å². The minimum absolute atomic E-state index is 0.0611. The van der Waals surface area contributed by atoms with Gasteiger partial charge in [0.05, 0.1) is 19.3 Å². The highest BCUT2D eigenvalue weighted by atomic mass is 16.6. The molecule has 2 amide bonds. The molecule has 1 aliphatic heterocycles. The van der Waals surface area contributed by atoms with Gasteiger partial charge in [-0.05, 0) is 6.92 Å². The molecule has 13 nitrogen and oxygen atoms in total. The van der Waals surface area contributed by atoms with E-state index in [1.807, 2.05) is 0 Å². The molecule has 1 saturated heterocycles. The van der Waals surface area contributed by atoms with E-state index >= 15 is 0 Å². The van der Waals surface area contributed by atoms with Gasteiger partial charge >= 0.3 is 6.09 Å². The zero-order chi connectivity index (χ0) is 23.8. The van der Waals surface area contributed by atoms with E-state index in [1.54, 1.807) is 6.92 Å². The van der Waals surface area contributed by atoms with E-state index in [0.29, 0.717) is 0 Å². The zero-order valence-electron chi connectivity index (χ0n) is 18.4. The summed E-state index contributed by atoms with van der Waals surface area (Å²) >= 11 is 0. The normalized spacial score (nSPS) is 19.8. The van der Waals surface area contributed by atoms with E-state index < -0.39 is 24.5 Å². The molecule has 0 bridgehead atoms. The average Bonchev–Trinajstić information content (AvgIpc) is 3.10.